The molecule has 0 amide bonds. The molecule has 1 atom stereocenters. The molecule has 17 heavy (non-hydrogen) atoms. The lowest BCUT2D eigenvalue weighted by Crippen LogP contribution is -2.55. The van der Waals surface area contributed by atoms with Gasteiger partial charge in [-0.15, -0.1) is 0 Å². The molecule has 3 heteroatoms. The van der Waals surface area contributed by atoms with E-state index in [1.54, 1.807) is 0 Å². The van der Waals surface area contributed by atoms with Crippen LogP contribution < -0.4 is 15.8 Å². The van der Waals surface area contributed by atoms with Crippen molar-refractivity contribution in [3.05, 3.63) is 34.7 Å². The summed E-state index contributed by atoms with van der Waals surface area (Å²) in [6.07, 6.45) is 3.39. The molecule has 0 spiro atoms. The largest absolute Gasteiger partial charge is 0.345 e. The molecule has 90 valence electrons. The topological polar surface area (TPSA) is 24.5 Å². The van der Waals surface area contributed by atoms with Crippen LogP contribution in [0.2, 0.25) is 0 Å². The fraction of sp³-hybridized carbons (Fsp3) is 0.429. The third-order valence-electron chi connectivity index (χ3n) is 3.41. The number of hydrogen-bond donors (Lipinski definition) is 1. The van der Waals surface area contributed by atoms with Crippen LogP contribution in [0.25, 0.3) is 11.8 Å². The van der Waals surface area contributed by atoms with Gasteiger partial charge in [0.1, 0.15) is 0 Å². The first-order valence-electron chi connectivity index (χ1n) is 6.30. The first-order chi connectivity index (χ1) is 8.40. The minimum absolute atomic E-state index is 0.0355. The Bertz CT molecular complexity index is 521. The lowest BCUT2D eigenvalue weighted by molar-refractivity contribution is -0.0528. The molecule has 1 aromatic rings. The van der Waals surface area contributed by atoms with Crippen molar-refractivity contribution < 1.29 is 4.74 Å². The molecule has 0 aliphatic carbocycles. The predicted molar refractivity (Wildman–Crippen MR) is 68.3 cm³/mol. The summed E-state index contributed by atoms with van der Waals surface area (Å²) in [5.74, 6) is 0. The molecule has 0 radical (unpaired) electrons. The normalized spacial score (nSPS) is 22.8. The van der Waals surface area contributed by atoms with E-state index in [0.29, 0.717) is 0 Å². The predicted octanol–water partition coefficient (Wildman–Crippen LogP) is 0.204. The lowest BCUT2D eigenvalue weighted by Gasteiger charge is -2.40. The molecular weight excluding hydrogens is 212 g/mol. The lowest BCUT2D eigenvalue weighted by atomic mass is 10.1. The third-order valence-corrected chi connectivity index (χ3v) is 3.41. The van der Waals surface area contributed by atoms with Gasteiger partial charge in [-0.05, 0) is 12.1 Å². The van der Waals surface area contributed by atoms with Crippen LogP contribution in [0.15, 0.2) is 24.3 Å². The number of nitrogens with one attached hydrogen (secondary N) is 1. The van der Waals surface area contributed by atoms with Crippen LogP contribution in [0.1, 0.15) is 13.3 Å². The van der Waals surface area contributed by atoms with Crippen LogP contribution in [0.4, 0.5) is 0 Å². The molecule has 1 saturated heterocycles. The molecule has 0 saturated carbocycles. The summed E-state index contributed by atoms with van der Waals surface area (Å²) >= 11 is 0. The number of hydrogen-bond acceptors (Lipinski definition) is 3. The van der Waals surface area contributed by atoms with Crippen molar-refractivity contribution in [3.8, 4) is 0 Å². The molecule has 3 nitrogen and oxygen atoms in total. The average Bonchev–Trinajstić information content (AvgIpc) is 2.39. The van der Waals surface area contributed by atoms with Gasteiger partial charge in [0, 0.05) is 37.0 Å². The molecule has 1 aromatic carbocycles. The van der Waals surface area contributed by atoms with Crippen LogP contribution in [0.3, 0.4) is 0 Å². The van der Waals surface area contributed by atoms with E-state index in [0.717, 1.165) is 26.1 Å². The summed E-state index contributed by atoms with van der Waals surface area (Å²) in [7, 11) is 0. The fourth-order valence-electron chi connectivity index (χ4n) is 2.65. The highest BCUT2D eigenvalue weighted by atomic mass is 16.5. The maximum atomic E-state index is 5.74. The maximum Gasteiger partial charge on any atom is 0.186 e. The number of nitrogens with zero attached hydrogens (tertiary/aromatic N) is 1. The van der Waals surface area contributed by atoms with Gasteiger partial charge in [0.05, 0.1) is 0 Å². The molecule has 2 aliphatic heterocycles. The van der Waals surface area contributed by atoms with Crippen LogP contribution in [-0.4, -0.2) is 30.9 Å². The second kappa shape index (κ2) is 4.51. The number of fused-ring (bicyclic) bond motifs is 2. The van der Waals surface area contributed by atoms with Gasteiger partial charge < -0.3 is 9.64 Å². The molecular formula is C14H18N2O. The Morgan fingerprint density at radius 2 is 2.29 bits per heavy atom. The standard InChI is InChI=1S/C14H18N2O/c1-2-17-14-15-9-7-13-12-6-4-3-5-11(12)8-10-16(13)14/h3-6,8,14-15H,2,7,9-10H2,1H3. The Hall–Kier alpha value is -1.32. The van der Waals surface area contributed by atoms with Crippen molar-refractivity contribution in [3.63, 3.8) is 0 Å². The molecule has 1 unspecified atom stereocenters. The Morgan fingerprint density at radius 3 is 3.18 bits per heavy atom. The first kappa shape index (κ1) is 10.8. The zero-order chi connectivity index (χ0) is 11.7. The van der Waals surface area contributed by atoms with E-state index in [4.69, 9.17) is 4.74 Å². The van der Waals surface area contributed by atoms with Gasteiger partial charge in [0.15, 0.2) is 6.35 Å². The second-order valence-corrected chi connectivity index (χ2v) is 4.40. The van der Waals surface area contributed by atoms with Crippen molar-refractivity contribution in [1.82, 2.24) is 10.2 Å². The van der Waals surface area contributed by atoms with Gasteiger partial charge in [-0.25, -0.2) is 0 Å². The van der Waals surface area contributed by atoms with E-state index < -0.39 is 0 Å². The van der Waals surface area contributed by atoms with E-state index >= 15 is 0 Å². The maximum absolute atomic E-state index is 5.74. The van der Waals surface area contributed by atoms with Gasteiger partial charge in [0.25, 0.3) is 0 Å². The molecule has 2 heterocycles. The van der Waals surface area contributed by atoms with Gasteiger partial charge in [-0.1, -0.05) is 30.3 Å². The molecule has 3 rings (SSSR count). The highest BCUT2D eigenvalue weighted by molar-refractivity contribution is 5.51. The Kier molecular flexibility index (Phi) is 2.87. The Labute approximate surface area is 101 Å². The van der Waals surface area contributed by atoms with E-state index in [2.05, 4.69) is 40.6 Å². The molecule has 1 N–H and O–H groups in total. The highest BCUT2D eigenvalue weighted by Gasteiger charge is 2.26. The quantitative estimate of drug-likeness (QED) is 0.786. The minimum Gasteiger partial charge on any atom is -0.345 e. The summed E-state index contributed by atoms with van der Waals surface area (Å²) in [4.78, 5) is 2.33. The number of benzene rings is 1. The number of rotatable bonds is 2. The second-order valence-electron chi connectivity index (χ2n) is 4.40. The van der Waals surface area contributed by atoms with Crippen molar-refractivity contribution in [2.45, 2.75) is 19.7 Å². The molecule has 1 fully saturated rings. The van der Waals surface area contributed by atoms with Crippen molar-refractivity contribution in [1.29, 1.82) is 0 Å². The molecule has 0 aromatic heterocycles. The first-order valence-corrected chi connectivity index (χ1v) is 6.30. The Morgan fingerprint density at radius 1 is 1.41 bits per heavy atom. The number of ether oxygens (including phenoxy) is 1. The SMILES string of the molecule is CCOC1NCCC2=c3ccccc3=CCN21. The van der Waals surface area contributed by atoms with Crippen LogP contribution >= 0.6 is 0 Å². The zero-order valence-electron chi connectivity index (χ0n) is 10.1. The van der Waals surface area contributed by atoms with Gasteiger partial charge >= 0.3 is 0 Å². The van der Waals surface area contributed by atoms with E-state index in [1.807, 2.05) is 6.92 Å². The summed E-state index contributed by atoms with van der Waals surface area (Å²) in [6.45, 7) is 4.70. The van der Waals surface area contributed by atoms with Crippen molar-refractivity contribution in [2.24, 2.45) is 0 Å². The van der Waals surface area contributed by atoms with E-state index in [-0.39, 0.29) is 6.35 Å². The third kappa shape index (κ3) is 1.85. The monoisotopic (exact) mass is 230 g/mol. The molecule has 2 aliphatic rings. The summed E-state index contributed by atoms with van der Waals surface area (Å²) in [5.41, 5.74) is 1.42. The highest BCUT2D eigenvalue weighted by Crippen LogP contribution is 2.18. The smallest absolute Gasteiger partial charge is 0.186 e. The van der Waals surface area contributed by atoms with Crippen LogP contribution in [-0.2, 0) is 4.74 Å². The summed E-state index contributed by atoms with van der Waals surface area (Å²) < 4.78 is 5.74. The van der Waals surface area contributed by atoms with Gasteiger partial charge in [-0.2, -0.15) is 0 Å². The fourth-order valence-corrected chi connectivity index (χ4v) is 2.65. The van der Waals surface area contributed by atoms with Gasteiger partial charge in [-0.3, -0.25) is 5.32 Å². The molecule has 0 bridgehead atoms. The van der Waals surface area contributed by atoms with Gasteiger partial charge in [0.2, 0.25) is 0 Å². The van der Waals surface area contributed by atoms with Crippen LogP contribution in [0, 0.1) is 0 Å². The van der Waals surface area contributed by atoms with Crippen molar-refractivity contribution in [2.75, 3.05) is 19.7 Å². The summed E-state index contributed by atoms with van der Waals surface area (Å²) in [5, 5.41) is 6.14. The summed E-state index contributed by atoms with van der Waals surface area (Å²) in [6, 6.07) is 8.62. The Balaban J connectivity index is 2.07. The van der Waals surface area contributed by atoms with Crippen molar-refractivity contribution >= 4 is 11.8 Å². The minimum atomic E-state index is 0.0355. The van der Waals surface area contributed by atoms with E-state index in [1.165, 1.54) is 16.1 Å². The zero-order valence-corrected chi connectivity index (χ0v) is 10.1. The van der Waals surface area contributed by atoms with E-state index in [9.17, 15) is 0 Å². The van der Waals surface area contributed by atoms with Crippen LogP contribution in [0.5, 0.6) is 0 Å². The average molecular weight is 230 g/mol.